The molecule has 0 amide bonds. The predicted octanol–water partition coefficient (Wildman–Crippen LogP) is 5.23. The van der Waals surface area contributed by atoms with Gasteiger partial charge >= 0.3 is 0 Å². The highest BCUT2D eigenvalue weighted by molar-refractivity contribution is 14.1. The molecule has 0 bridgehead atoms. The third-order valence-corrected chi connectivity index (χ3v) is 7.33. The first-order valence-electron chi connectivity index (χ1n) is 11.7. The summed E-state index contributed by atoms with van der Waals surface area (Å²) in [6.07, 6.45) is 1.48. The Balaban J connectivity index is 1.48. The van der Waals surface area contributed by atoms with Crippen LogP contribution in [0.1, 0.15) is 29.9 Å². The molecule has 1 fully saturated rings. The van der Waals surface area contributed by atoms with Gasteiger partial charge in [0.05, 0.1) is 11.6 Å². The van der Waals surface area contributed by atoms with E-state index >= 15 is 0 Å². The minimum atomic E-state index is -0.819. The fraction of sp³-hybridized carbons (Fsp3) is 0.321. The van der Waals surface area contributed by atoms with Gasteiger partial charge in [0, 0.05) is 15.8 Å². The SMILES string of the molecule is CN1CCC(C(CNC(O)Nc2cccc(I)c2)c2ccc(-c3cccc(C#N)c3)cc2)CC1. The van der Waals surface area contributed by atoms with Crippen LogP contribution < -0.4 is 10.6 Å². The molecule has 1 aliphatic rings. The van der Waals surface area contributed by atoms with Gasteiger partial charge in [-0.05, 0) is 114 Å². The molecule has 4 rings (SSSR count). The standard InChI is InChI=1S/C28H31IN4O/c1-33-14-12-23(13-15-33)27(19-31-28(34)32-26-7-3-6-25(29)17-26)22-10-8-21(9-11-22)24-5-2-4-20(16-24)18-30/h2-11,16-17,23,27-28,31-32,34H,12-15,19H2,1H3. The number of anilines is 1. The molecule has 34 heavy (non-hydrogen) atoms. The number of halogens is 1. The number of hydrogen-bond acceptors (Lipinski definition) is 5. The molecule has 0 aromatic heterocycles. The quantitative estimate of drug-likeness (QED) is 0.257. The van der Waals surface area contributed by atoms with Crippen LogP contribution in [0.5, 0.6) is 0 Å². The van der Waals surface area contributed by atoms with E-state index in [0.29, 0.717) is 23.9 Å². The minimum Gasteiger partial charge on any atom is -0.361 e. The Labute approximate surface area is 215 Å². The molecule has 2 unspecified atom stereocenters. The maximum Gasteiger partial charge on any atom is 0.181 e. The van der Waals surface area contributed by atoms with E-state index in [4.69, 9.17) is 0 Å². The first-order valence-corrected chi connectivity index (χ1v) is 12.8. The monoisotopic (exact) mass is 566 g/mol. The van der Waals surface area contributed by atoms with Gasteiger partial charge in [-0.3, -0.25) is 5.32 Å². The summed E-state index contributed by atoms with van der Waals surface area (Å²) >= 11 is 2.27. The number of nitrogens with one attached hydrogen (secondary N) is 2. The second-order valence-electron chi connectivity index (χ2n) is 9.03. The summed E-state index contributed by atoms with van der Waals surface area (Å²) in [5.74, 6) is 0.863. The predicted molar refractivity (Wildman–Crippen MR) is 146 cm³/mol. The molecule has 2 atom stereocenters. The Morgan fingerprint density at radius 2 is 1.76 bits per heavy atom. The number of nitriles is 1. The highest BCUT2D eigenvalue weighted by Crippen LogP contribution is 2.33. The van der Waals surface area contributed by atoms with Crippen molar-refractivity contribution in [2.45, 2.75) is 25.1 Å². The van der Waals surface area contributed by atoms with Crippen molar-refractivity contribution < 1.29 is 5.11 Å². The zero-order valence-electron chi connectivity index (χ0n) is 19.4. The summed E-state index contributed by atoms with van der Waals surface area (Å²) in [7, 11) is 2.18. The normalized spacial score (nSPS) is 16.5. The fourth-order valence-electron chi connectivity index (χ4n) is 4.70. The number of aliphatic hydroxyl groups is 1. The Morgan fingerprint density at radius 3 is 2.47 bits per heavy atom. The Hall–Kier alpha value is -2.44. The zero-order valence-corrected chi connectivity index (χ0v) is 21.6. The van der Waals surface area contributed by atoms with Crippen molar-refractivity contribution in [1.82, 2.24) is 10.2 Å². The molecule has 6 heteroatoms. The Morgan fingerprint density at radius 1 is 1.03 bits per heavy atom. The van der Waals surface area contributed by atoms with Crippen LogP contribution in [0.15, 0.2) is 72.8 Å². The van der Waals surface area contributed by atoms with Gasteiger partial charge in [-0.15, -0.1) is 0 Å². The molecule has 0 radical (unpaired) electrons. The van der Waals surface area contributed by atoms with Crippen molar-refractivity contribution in [1.29, 1.82) is 5.26 Å². The lowest BCUT2D eigenvalue weighted by Gasteiger charge is -2.35. The largest absolute Gasteiger partial charge is 0.361 e. The lowest BCUT2D eigenvalue weighted by atomic mass is 9.79. The first kappa shape index (κ1) is 24.7. The molecule has 0 spiro atoms. The molecule has 3 aromatic rings. The van der Waals surface area contributed by atoms with E-state index < -0.39 is 6.35 Å². The minimum absolute atomic E-state index is 0.306. The van der Waals surface area contributed by atoms with Gasteiger partial charge in [-0.25, -0.2) is 0 Å². The van der Waals surface area contributed by atoms with Crippen molar-refractivity contribution in [3.05, 3.63) is 87.5 Å². The van der Waals surface area contributed by atoms with E-state index in [2.05, 4.69) is 75.5 Å². The molecule has 0 saturated carbocycles. The Bertz CT molecular complexity index is 1120. The smallest absolute Gasteiger partial charge is 0.181 e. The lowest BCUT2D eigenvalue weighted by molar-refractivity contribution is 0.147. The van der Waals surface area contributed by atoms with Gasteiger partial charge in [0.2, 0.25) is 0 Å². The van der Waals surface area contributed by atoms with Crippen LogP contribution >= 0.6 is 22.6 Å². The summed E-state index contributed by atoms with van der Waals surface area (Å²) in [6, 6.07) is 26.6. The first-order chi connectivity index (χ1) is 16.5. The molecule has 5 nitrogen and oxygen atoms in total. The third kappa shape index (κ3) is 6.57. The number of hydrogen-bond donors (Lipinski definition) is 3. The summed E-state index contributed by atoms with van der Waals surface area (Å²) in [5.41, 5.74) is 5.01. The molecule has 176 valence electrons. The molecule has 1 heterocycles. The maximum atomic E-state index is 10.6. The van der Waals surface area contributed by atoms with E-state index in [1.54, 1.807) is 0 Å². The Kier molecular flexibility index (Phi) is 8.57. The van der Waals surface area contributed by atoms with Gasteiger partial charge in [0.1, 0.15) is 0 Å². The fourth-order valence-corrected chi connectivity index (χ4v) is 5.25. The summed E-state index contributed by atoms with van der Waals surface area (Å²) in [4.78, 5) is 2.39. The molecule has 1 saturated heterocycles. The molecule has 3 aromatic carbocycles. The number of rotatable bonds is 8. The van der Waals surface area contributed by atoms with Gasteiger partial charge in [0.25, 0.3) is 0 Å². The van der Waals surface area contributed by atoms with Crippen LogP contribution in [-0.2, 0) is 0 Å². The summed E-state index contributed by atoms with van der Waals surface area (Å²) < 4.78 is 1.12. The summed E-state index contributed by atoms with van der Waals surface area (Å²) in [6.45, 7) is 2.89. The third-order valence-electron chi connectivity index (χ3n) is 6.66. The van der Waals surface area contributed by atoms with E-state index in [1.807, 2.05) is 48.5 Å². The van der Waals surface area contributed by atoms with Crippen LogP contribution in [-0.4, -0.2) is 43.0 Å². The second-order valence-corrected chi connectivity index (χ2v) is 10.3. The van der Waals surface area contributed by atoms with Gasteiger partial charge in [-0.1, -0.05) is 42.5 Å². The molecule has 3 N–H and O–H groups in total. The topological polar surface area (TPSA) is 71.3 Å². The average Bonchev–Trinajstić information content (AvgIpc) is 2.85. The van der Waals surface area contributed by atoms with Crippen molar-refractivity contribution >= 4 is 28.3 Å². The number of piperidine rings is 1. The van der Waals surface area contributed by atoms with Crippen LogP contribution in [0.2, 0.25) is 0 Å². The van der Waals surface area contributed by atoms with E-state index in [1.165, 1.54) is 5.56 Å². The summed E-state index contributed by atoms with van der Waals surface area (Å²) in [5, 5.41) is 26.3. The highest BCUT2D eigenvalue weighted by Gasteiger charge is 2.27. The van der Waals surface area contributed by atoms with Crippen molar-refractivity contribution in [2.75, 3.05) is 32.0 Å². The molecule has 0 aliphatic carbocycles. The highest BCUT2D eigenvalue weighted by atomic mass is 127. The van der Waals surface area contributed by atoms with Gasteiger partial charge in [-0.2, -0.15) is 5.26 Å². The maximum absolute atomic E-state index is 10.6. The number of likely N-dealkylation sites (tertiary alicyclic amines) is 1. The van der Waals surface area contributed by atoms with Crippen LogP contribution in [0, 0.1) is 20.8 Å². The van der Waals surface area contributed by atoms with E-state index in [9.17, 15) is 10.4 Å². The van der Waals surface area contributed by atoms with Crippen molar-refractivity contribution in [3.63, 3.8) is 0 Å². The van der Waals surface area contributed by atoms with Crippen molar-refractivity contribution in [2.24, 2.45) is 5.92 Å². The molecule has 1 aliphatic heterocycles. The van der Waals surface area contributed by atoms with E-state index in [-0.39, 0.29) is 0 Å². The number of aliphatic hydroxyl groups excluding tert-OH is 1. The van der Waals surface area contributed by atoms with Crippen LogP contribution in [0.4, 0.5) is 5.69 Å². The lowest BCUT2D eigenvalue weighted by Crippen LogP contribution is -2.41. The molecular weight excluding hydrogens is 535 g/mol. The second kappa shape index (κ2) is 11.8. The van der Waals surface area contributed by atoms with Gasteiger partial charge in [0.15, 0.2) is 6.35 Å². The van der Waals surface area contributed by atoms with Gasteiger partial charge < -0.3 is 15.3 Å². The number of nitrogens with zero attached hydrogens (tertiary/aromatic N) is 2. The van der Waals surface area contributed by atoms with Crippen molar-refractivity contribution in [3.8, 4) is 17.2 Å². The molecular formula is C28H31IN4O. The average molecular weight is 566 g/mol. The van der Waals surface area contributed by atoms with E-state index in [0.717, 1.165) is 46.3 Å². The zero-order chi connectivity index (χ0) is 23.9. The number of benzene rings is 3. The van der Waals surface area contributed by atoms with Crippen LogP contribution in [0.25, 0.3) is 11.1 Å². The van der Waals surface area contributed by atoms with Crippen LogP contribution in [0.3, 0.4) is 0 Å².